The highest BCUT2D eigenvalue weighted by molar-refractivity contribution is 5.92. The maximum atomic E-state index is 12.7. The molecule has 0 aliphatic rings. The van der Waals surface area contributed by atoms with E-state index in [1.165, 1.54) is 12.2 Å². The van der Waals surface area contributed by atoms with Crippen molar-refractivity contribution in [3.05, 3.63) is 109 Å². The van der Waals surface area contributed by atoms with Crippen LogP contribution in [0.15, 0.2) is 98.1 Å². The van der Waals surface area contributed by atoms with E-state index in [4.69, 9.17) is 28.4 Å². The second-order valence-electron chi connectivity index (χ2n) is 12.7. The molecule has 3 aromatic carbocycles. The highest BCUT2D eigenvalue weighted by atomic mass is 16.5. The molecule has 0 amide bonds. The number of hydrogen-bond donors (Lipinski definition) is 0. The van der Waals surface area contributed by atoms with Gasteiger partial charge in [0.15, 0.2) is 0 Å². The predicted octanol–water partition coefficient (Wildman–Crippen LogP) is 9.80. The van der Waals surface area contributed by atoms with E-state index in [-0.39, 0.29) is 11.9 Å². The summed E-state index contributed by atoms with van der Waals surface area (Å²) in [4.78, 5) is 47.4. The fourth-order valence-corrected chi connectivity index (χ4v) is 5.30. The molecule has 0 aliphatic carbocycles. The van der Waals surface area contributed by atoms with E-state index in [1.54, 1.807) is 72.8 Å². The van der Waals surface area contributed by atoms with Crippen LogP contribution in [0, 0.1) is 0 Å². The molecule has 0 atom stereocenters. The number of rotatable bonds is 28. The van der Waals surface area contributed by atoms with E-state index in [0.717, 1.165) is 89.9 Å². The van der Waals surface area contributed by atoms with E-state index in [0.29, 0.717) is 60.6 Å². The summed E-state index contributed by atoms with van der Waals surface area (Å²) in [6.07, 6.45) is 16.9. The molecule has 3 rings (SSSR count). The number of benzene rings is 3. The Morgan fingerprint density at radius 3 is 0.981 bits per heavy atom. The zero-order valence-corrected chi connectivity index (χ0v) is 31.3. The van der Waals surface area contributed by atoms with Crippen molar-refractivity contribution < 1.29 is 47.6 Å². The first kappa shape index (κ1) is 43.0. The Morgan fingerprint density at radius 1 is 0.389 bits per heavy atom. The van der Waals surface area contributed by atoms with Crippen LogP contribution >= 0.6 is 0 Å². The molecule has 3 aromatic rings. The molecule has 0 N–H and O–H groups in total. The molecule has 0 heterocycles. The highest BCUT2D eigenvalue weighted by Crippen LogP contribution is 2.22. The van der Waals surface area contributed by atoms with E-state index in [2.05, 4.69) is 13.2 Å². The van der Waals surface area contributed by atoms with Crippen molar-refractivity contribution in [2.75, 3.05) is 26.4 Å². The number of esters is 4. The first-order chi connectivity index (χ1) is 26.4. The summed E-state index contributed by atoms with van der Waals surface area (Å²) in [6.45, 7) is 8.85. The van der Waals surface area contributed by atoms with Crippen LogP contribution in [0.5, 0.6) is 23.0 Å². The fraction of sp³-hybridized carbons (Fsp3) is 0.409. The van der Waals surface area contributed by atoms with Crippen LogP contribution in [-0.2, 0) is 19.1 Å². The number of ether oxygens (including phenoxy) is 6. The first-order valence-electron chi connectivity index (χ1n) is 19.0. The molecule has 0 fully saturated rings. The van der Waals surface area contributed by atoms with Crippen molar-refractivity contribution in [1.29, 1.82) is 0 Å². The third kappa shape index (κ3) is 18.4. The summed E-state index contributed by atoms with van der Waals surface area (Å²) < 4.78 is 32.6. The zero-order chi connectivity index (χ0) is 38.6. The quantitative estimate of drug-likeness (QED) is 0.0307. The van der Waals surface area contributed by atoms with Gasteiger partial charge in [-0.1, -0.05) is 77.4 Å². The van der Waals surface area contributed by atoms with Gasteiger partial charge in [-0.2, -0.15) is 0 Å². The molecule has 0 saturated carbocycles. The topological polar surface area (TPSA) is 124 Å². The van der Waals surface area contributed by atoms with Gasteiger partial charge in [-0.25, -0.2) is 19.2 Å². The second-order valence-corrected chi connectivity index (χ2v) is 12.7. The summed E-state index contributed by atoms with van der Waals surface area (Å²) in [5.41, 5.74) is 0.775. The van der Waals surface area contributed by atoms with Crippen molar-refractivity contribution in [2.45, 2.75) is 89.9 Å². The van der Waals surface area contributed by atoms with Gasteiger partial charge >= 0.3 is 23.9 Å². The molecule has 0 saturated heterocycles. The summed E-state index contributed by atoms with van der Waals surface area (Å²) in [6, 6.07) is 19.9. The Morgan fingerprint density at radius 2 is 0.667 bits per heavy atom. The van der Waals surface area contributed by atoms with Gasteiger partial charge in [-0.15, -0.1) is 0 Å². The van der Waals surface area contributed by atoms with Crippen LogP contribution in [0.3, 0.4) is 0 Å². The van der Waals surface area contributed by atoms with Gasteiger partial charge in [0.1, 0.15) is 23.0 Å². The standard InChI is InChI=1S/C44H54O10/c1-3-41(45)51-33-17-13-9-5-7-11-15-31-49-37-23-19-35(20-24-37)43(47)53-39-27-29-40(30-28-39)54-44(48)36-21-25-38(26-22-36)50-32-16-12-8-6-10-14-18-34-52-42(46)4-2/h3-4,19-30H,1-2,5-18,31-34H2. The molecule has 0 radical (unpaired) electrons. The van der Waals surface area contributed by atoms with Gasteiger partial charge in [0, 0.05) is 12.2 Å². The normalized spacial score (nSPS) is 10.5. The summed E-state index contributed by atoms with van der Waals surface area (Å²) in [5.74, 6) is 0.257. The third-order valence-corrected chi connectivity index (χ3v) is 8.36. The van der Waals surface area contributed by atoms with Gasteiger partial charge in [0.25, 0.3) is 0 Å². The van der Waals surface area contributed by atoms with Gasteiger partial charge in [-0.3, -0.25) is 0 Å². The minimum atomic E-state index is -0.509. The molecule has 0 bridgehead atoms. The summed E-state index contributed by atoms with van der Waals surface area (Å²) in [5, 5.41) is 0. The van der Waals surface area contributed by atoms with Crippen LogP contribution in [0.25, 0.3) is 0 Å². The van der Waals surface area contributed by atoms with Gasteiger partial charge < -0.3 is 28.4 Å². The molecule has 290 valence electrons. The Hall–Kier alpha value is -5.38. The Kier molecular flexibility index (Phi) is 21.0. The second kappa shape index (κ2) is 26.4. The van der Waals surface area contributed by atoms with E-state index < -0.39 is 11.9 Å². The number of carbonyl (C=O) groups is 4. The van der Waals surface area contributed by atoms with Crippen molar-refractivity contribution in [2.24, 2.45) is 0 Å². The maximum absolute atomic E-state index is 12.7. The molecule has 0 aliphatic heterocycles. The average Bonchev–Trinajstić information content (AvgIpc) is 3.19. The van der Waals surface area contributed by atoms with E-state index in [1.807, 2.05) is 0 Å². The fourth-order valence-electron chi connectivity index (χ4n) is 5.30. The summed E-state index contributed by atoms with van der Waals surface area (Å²) >= 11 is 0. The Balaban J connectivity index is 1.24. The number of hydrogen-bond acceptors (Lipinski definition) is 10. The largest absolute Gasteiger partial charge is 0.494 e. The molecular weight excluding hydrogens is 688 g/mol. The lowest BCUT2D eigenvalue weighted by Crippen LogP contribution is -2.09. The molecule has 10 heteroatoms. The first-order valence-corrected chi connectivity index (χ1v) is 19.0. The average molecular weight is 743 g/mol. The van der Waals surface area contributed by atoms with Crippen LogP contribution in [0.2, 0.25) is 0 Å². The number of unbranched alkanes of at least 4 members (excludes halogenated alkanes) is 12. The Bertz CT molecular complexity index is 1440. The smallest absolute Gasteiger partial charge is 0.343 e. The maximum Gasteiger partial charge on any atom is 0.343 e. The van der Waals surface area contributed by atoms with E-state index in [9.17, 15) is 19.2 Å². The van der Waals surface area contributed by atoms with Crippen LogP contribution in [-0.4, -0.2) is 50.3 Å². The van der Waals surface area contributed by atoms with Crippen molar-refractivity contribution in [3.63, 3.8) is 0 Å². The third-order valence-electron chi connectivity index (χ3n) is 8.36. The molecule has 0 unspecified atom stereocenters. The van der Waals surface area contributed by atoms with Crippen LogP contribution < -0.4 is 18.9 Å². The van der Waals surface area contributed by atoms with Gasteiger partial charge in [0.05, 0.1) is 37.6 Å². The minimum absolute atomic E-state index is 0.321. The van der Waals surface area contributed by atoms with Gasteiger partial charge in [0.2, 0.25) is 0 Å². The molecule has 0 aromatic heterocycles. The monoisotopic (exact) mass is 742 g/mol. The number of carbonyl (C=O) groups excluding carboxylic acids is 4. The van der Waals surface area contributed by atoms with Gasteiger partial charge in [-0.05, 0) is 98.5 Å². The lowest BCUT2D eigenvalue weighted by molar-refractivity contribution is -0.138. The lowest BCUT2D eigenvalue weighted by Gasteiger charge is -2.09. The Labute approximate surface area is 319 Å². The molecule has 54 heavy (non-hydrogen) atoms. The zero-order valence-electron chi connectivity index (χ0n) is 31.3. The summed E-state index contributed by atoms with van der Waals surface area (Å²) in [7, 11) is 0. The highest BCUT2D eigenvalue weighted by Gasteiger charge is 2.12. The minimum Gasteiger partial charge on any atom is -0.494 e. The SMILES string of the molecule is C=CC(=O)OCCCCCCCCCOc1ccc(C(=O)Oc2ccc(OC(=O)c3ccc(OCCCCCCCCCOC(=O)C=C)cc3)cc2)cc1. The lowest BCUT2D eigenvalue weighted by atomic mass is 10.1. The van der Waals surface area contributed by atoms with Crippen LogP contribution in [0.1, 0.15) is 111 Å². The molecule has 0 spiro atoms. The van der Waals surface area contributed by atoms with Crippen molar-refractivity contribution >= 4 is 23.9 Å². The molecular formula is C44H54O10. The van der Waals surface area contributed by atoms with E-state index >= 15 is 0 Å². The van der Waals surface area contributed by atoms with Crippen molar-refractivity contribution in [1.82, 2.24) is 0 Å². The van der Waals surface area contributed by atoms with Crippen LogP contribution in [0.4, 0.5) is 0 Å². The van der Waals surface area contributed by atoms with Crippen molar-refractivity contribution in [3.8, 4) is 23.0 Å². The predicted molar refractivity (Wildman–Crippen MR) is 207 cm³/mol. The molecule has 10 nitrogen and oxygen atoms in total.